The maximum Gasteiger partial charge on any atom is 0.278 e. The number of nitrogens with zero attached hydrogens (tertiary/aromatic N) is 2. The van der Waals surface area contributed by atoms with Crippen molar-refractivity contribution in [1.29, 1.82) is 0 Å². The number of rotatable bonds is 5. The molecule has 10 heteroatoms. The summed E-state index contributed by atoms with van der Waals surface area (Å²) in [6.07, 6.45) is 5.19. The highest BCUT2D eigenvalue weighted by molar-refractivity contribution is 7.98. The number of carbonyl (C=O) groups excluding carboxylic acids is 1. The Morgan fingerprint density at radius 3 is 2.83 bits per heavy atom. The molecule has 2 aliphatic heterocycles. The van der Waals surface area contributed by atoms with E-state index in [2.05, 4.69) is 5.43 Å². The Balaban J connectivity index is 1.28. The first-order chi connectivity index (χ1) is 16.9. The first-order valence-corrected chi connectivity index (χ1v) is 11.9. The van der Waals surface area contributed by atoms with Crippen LogP contribution in [0, 0.1) is 11.6 Å². The molecule has 2 N–H and O–H groups in total. The van der Waals surface area contributed by atoms with Crippen LogP contribution < -0.4 is 15.6 Å². The third-order valence-corrected chi connectivity index (χ3v) is 7.07. The van der Waals surface area contributed by atoms with E-state index in [0.29, 0.717) is 23.3 Å². The fraction of sp³-hybridized carbons (Fsp3) is 0.200. The Labute approximate surface area is 203 Å². The van der Waals surface area contributed by atoms with Gasteiger partial charge in [-0.25, -0.2) is 8.78 Å². The summed E-state index contributed by atoms with van der Waals surface area (Å²) in [5.41, 5.74) is 4.12. The molecule has 3 aromatic rings. The molecular weight excluding hydrogens is 476 g/mol. The van der Waals surface area contributed by atoms with Crippen molar-refractivity contribution in [3.63, 3.8) is 0 Å². The third-order valence-electron chi connectivity index (χ3n) is 5.93. The molecule has 0 spiro atoms. The number of benzene rings is 2. The first-order valence-electron chi connectivity index (χ1n) is 10.9. The molecule has 180 valence electrons. The van der Waals surface area contributed by atoms with Gasteiger partial charge >= 0.3 is 0 Å². The van der Waals surface area contributed by atoms with E-state index >= 15 is 0 Å². The van der Waals surface area contributed by atoms with Gasteiger partial charge in [-0.15, -0.1) is 11.8 Å². The molecule has 0 saturated carbocycles. The van der Waals surface area contributed by atoms with Gasteiger partial charge in [-0.3, -0.25) is 14.3 Å². The lowest BCUT2D eigenvalue weighted by Gasteiger charge is -2.30. The number of carbonyl (C=O) groups is 1. The van der Waals surface area contributed by atoms with E-state index in [9.17, 15) is 23.5 Å². The van der Waals surface area contributed by atoms with Gasteiger partial charge in [0.1, 0.15) is 19.0 Å². The van der Waals surface area contributed by atoms with E-state index in [-0.39, 0.29) is 31.3 Å². The molecule has 0 fully saturated rings. The minimum atomic E-state index is -0.951. The highest BCUT2D eigenvalue weighted by Gasteiger charge is 2.27. The van der Waals surface area contributed by atoms with Crippen molar-refractivity contribution in [2.75, 3.05) is 25.2 Å². The van der Waals surface area contributed by atoms with E-state index in [1.165, 1.54) is 33.6 Å². The third kappa shape index (κ3) is 4.37. The van der Waals surface area contributed by atoms with Crippen LogP contribution >= 0.6 is 11.8 Å². The highest BCUT2D eigenvalue weighted by Crippen LogP contribution is 2.39. The molecular formula is C25H21F2N3O4S. The van der Waals surface area contributed by atoms with Crippen molar-refractivity contribution in [2.24, 2.45) is 0 Å². The maximum atomic E-state index is 14.6. The fourth-order valence-corrected chi connectivity index (χ4v) is 5.20. The highest BCUT2D eigenvalue weighted by atomic mass is 32.2. The average Bonchev–Trinajstić information content (AvgIpc) is 3.05. The molecule has 0 bridgehead atoms. The smallest absolute Gasteiger partial charge is 0.278 e. The van der Waals surface area contributed by atoms with Gasteiger partial charge in [0.2, 0.25) is 5.43 Å². The van der Waals surface area contributed by atoms with Crippen LogP contribution in [-0.4, -0.2) is 40.4 Å². The molecule has 3 heterocycles. The summed E-state index contributed by atoms with van der Waals surface area (Å²) in [5.74, 6) is -2.30. The largest absolute Gasteiger partial charge is 0.502 e. The van der Waals surface area contributed by atoms with Gasteiger partial charge in [0.25, 0.3) is 5.91 Å². The summed E-state index contributed by atoms with van der Waals surface area (Å²) >= 11 is 1.47. The summed E-state index contributed by atoms with van der Waals surface area (Å²) in [4.78, 5) is 26.8. The summed E-state index contributed by atoms with van der Waals surface area (Å²) in [6.45, 7) is 0.452. The summed E-state index contributed by atoms with van der Waals surface area (Å²) in [7, 11) is 0. The number of aromatic hydroxyl groups is 1. The number of fused-ring (bicyclic) bond motifs is 3. The second-order valence-corrected chi connectivity index (χ2v) is 9.09. The van der Waals surface area contributed by atoms with Crippen molar-refractivity contribution >= 4 is 17.7 Å². The lowest BCUT2D eigenvalue weighted by atomic mass is 9.99. The Kier molecular flexibility index (Phi) is 6.21. The predicted octanol–water partition coefficient (Wildman–Crippen LogP) is 3.62. The molecule has 0 unspecified atom stereocenters. The van der Waals surface area contributed by atoms with Crippen LogP contribution in [0.5, 0.6) is 11.5 Å². The van der Waals surface area contributed by atoms with Gasteiger partial charge in [-0.05, 0) is 17.7 Å². The number of hydrogen-bond donors (Lipinski definition) is 2. The van der Waals surface area contributed by atoms with E-state index in [1.807, 2.05) is 24.3 Å². The van der Waals surface area contributed by atoms with Crippen LogP contribution in [0.4, 0.5) is 8.78 Å². The lowest BCUT2D eigenvalue weighted by molar-refractivity contribution is 0.0741. The molecule has 0 radical (unpaired) electrons. The Morgan fingerprint density at radius 2 is 1.97 bits per heavy atom. The zero-order valence-corrected chi connectivity index (χ0v) is 19.3. The van der Waals surface area contributed by atoms with Crippen molar-refractivity contribution in [1.82, 2.24) is 9.58 Å². The Bertz CT molecular complexity index is 1410. The average molecular weight is 498 g/mol. The second-order valence-electron chi connectivity index (χ2n) is 8.07. The van der Waals surface area contributed by atoms with Gasteiger partial charge in [-0.1, -0.05) is 24.3 Å². The van der Waals surface area contributed by atoms with Gasteiger partial charge in [-0.2, -0.15) is 0 Å². The Hall–Kier alpha value is -3.79. The van der Waals surface area contributed by atoms with Crippen LogP contribution in [-0.2, 0) is 12.2 Å². The number of amides is 1. The molecule has 1 aromatic heterocycles. The number of aromatic nitrogens is 1. The van der Waals surface area contributed by atoms with Crippen LogP contribution in [0.25, 0.3) is 0 Å². The van der Waals surface area contributed by atoms with Crippen LogP contribution in [0.1, 0.15) is 27.2 Å². The zero-order valence-electron chi connectivity index (χ0n) is 18.5. The molecule has 7 nitrogen and oxygen atoms in total. The second kappa shape index (κ2) is 9.46. The number of hydrogen-bond acceptors (Lipinski definition) is 6. The number of halogens is 2. The topological polar surface area (TPSA) is 83.8 Å². The molecule has 0 saturated heterocycles. The first kappa shape index (κ1) is 23.0. The molecule has 35 heavy (non-hydrogen) atoms. The number of pyridine rings is 1. The summed E-state index contributed by atoms with van der Waals surface area (Å²) in [6, 6.07) is 10.0. The molecule has 0 aliphatic carbocycles. The lowest BCUT2D eigenvalue weighted by Crippen LogP contribution is -2.46. The quantitative estimate of drug-likeness (QED) is 0.524. The molecule has 1 amide bonds. The zero-order chi connectivity index (χ0) is 24.5. The molecule has 5 rings (SSSR count). The number of thioether (sulfide) groups is 1. The van der Waals surface area contributed by atoms with Gasteiger partial charge < -0.3 is 20.2 Å². The summed E-state index contributed by atoms with van der Waals surface area (Å²) in [5, 5.41) is 9.97. The van der Waals surface area contributed by atoms with Crippen LogP contribution in [0.2, 0.25) is 0 Å². The Morgan fingerprint density at radius 1 is 1.14 bits per heavy atom. The van der Waals surface area contributed by atoms with Crippen molar-refractivity contribution < 1.29 is 23.4 Å². The van der Waals surface area contributed by atoms with Gasteiger partial charge in [0, 0.05) is 53.1 Å². The molecule has 2 aromatic carbocycles. The predicted molar refractivity (Wildman–Crippen MR) is 127 cm³/mol. The standard InChI is InChI=1S/C25H21F2N3O4S/c26-18-12-20(16-11-15-5-1-2-6-21(15)35-13-17(16)22(18)27)34-10-4-3-8-29-14-28-30-9-7-19(31)24(32)23(30)25(29)33/h1-7,9,12,28,32H,8,10-11,13-14H2/b4-3+. The van der Waals surface area contributed by atoms with E-state index < -0.39 is 28.7 Å². The van der Waals surface area contributed by atoms with E-state index in [4.69, 9.17) is 4.74 Å². The minimum absolute atomic E-state index is 0.0864. The van der Waals surface area contributed by atoms with Crippen molar-refractivity contribution in [3.05, 3.63) is 99.0 Å². The fourth-order valence-electron chi connectivity index (χ4n) is 4.10. The van der Waals surface area contributed by atoms with Crippen molar-refractivity contribution in [2.45, 2.75) is 17.1 Å². The van der Waals surface area contributed by atoms with Gasteiger partial charge in [0.05, 0.1) is 0 Å². The number of ether oxygens (including phenoxy) is 1. The van der Waals surface area contributed by atoms with Crippen LogP contribution in [0.15, 0.2) is 64.4 Å². The SMILES string of the molecule is O=C1c2c(O)c(=O)ccn2NCN1C/C=C/COc1cc(F)c(F)c2c1Cc1ccccc1SC2. The van der Waals surface area contributed by atoms with Crippen molar-refractivity contribution in [3.8, 4) is 11.5 Å². The van der Waals surface area contributed by atoms with E-state index in [0.717, 1.165) is 16.5 Å². The maximum absolute atomic E-state index is 14.6. The summed E-state index contributed by atoms with van der Waals surface area (Å²) < 4.78 is 36.0. The number of nitrogens with one attached hydrogen (secondary N) is 1. The van der Waals surface area contributed by atoms with E-state index in [1.54, 1.807) is 12.2 Å². The monoisotopic (exact) mass is 497 g/mol. The van der Waals surface area contributed by atoms with Gasteiger partial charge in [0.15, 0.2) is 23.1 Å². The molecule has 0 atom stereocenters. The molecule has 2 aliphatic rings. The normalized spacial score (nSPS) is 14.7. The minimum Gasteiger partial charge on any atom is -0.502 e. The van der Waals surface area contributed by atoms with Crippen LogP contribution in [0.3, 0.4) is 0 Å².